The first-order chi connectivity index (χ1) is 8.34. The molecule has 1 aromatic heterocycles. The van der Waals surface area contributed by atoms with E-state index < -0.39 is 0 Å². The first-order valence-corrected chi connectivity index (χ1v) is 7.18. The van der Waals surface area contributed by atoms with E-state index in [2.05, 4.69) is 29.6 Å². The van der Waals surface area contributed by atoms with E-state index in [1.165, 1.54) is 16.9 Å². The van der Waals surface area contributed by atoms with Gasteiger partial charge in [0.05, 0.1) is 17.2 Å². The topological polar surface area (TPSA) is 21.6 Å². The van der Waals surface area contributed by atoms with E-state index in [1.54, 1.807) is 11.3 Å². The van der Waals surface area contributed by atoms with Crippen LogP contribution in [0, 0.1) is 5.92 Å². The number of thiophene rings is 1. The summed E-state index contributed by atoms with van der Waals surface area (Å²) >= 11 is 1.78. The van der Waals surface area contributed by atoms with E-state index in [0.717, 1.165) is 37.3 Å². The van der Waals surface area contributed by atoms with Crippen LogP contribution in [0.3, 0.4) is 0 Å². The van der Waals surface area contributed by atoms with Crippen molar-refractivity contribution in [3.05, 3.63) is 27.6 Å². The lowest BCUT2D eigenvalue weighted by Crippen LogP contribution is -2.08. The van der Waals surface area contributed by atoms with Crippen LogP contribution in [-0.4, -0.2) is 12.8 Å². The summed E-state index contributed by atoms with van der Waals surface area (Å²) in [6.07, 6.45) is 6.46. The summed E-state index contributed by atoms with van der Waals surface area (Å²) in [7, 11) is 0. The Morgan fingerprint density at radius 3 is 3.35 bits per heavy atom. The Hall–Kier alpha value is -1.09. The van der Waals surface area contributed by atoms with Gasteiger partial charge >= 0.3 is 0 Å². The molecule has 0 aromatic carbocycles. The van der Waals surface area contributed by atoms with Crippen molar-refractivity contribution >= 4 is 23.3 Å². The van der Waals surface area contributed by atoms with Crippen LogP contribution in [0.1, 0.15) is 36.6 Å². The summed E-state index contributed by atoms with van der Waals surface area (Å²) in [6, 6.07) is 2.22. The Balaban J connectivity index is 2.03. The number of rotatable bonds is 0. The highest BCUT2D eigenvalue weighted by atomic mass is 32.1. The molecule has 1 atom stereocenters. The summed E-state index contributed by atoms with van der Waals surface area (Å²) in [5.41, 5.74) is 2.58. The molecule has 0 aliphatic carbocycles. The van der Waals surface area contributed by atoms with Gasteiger partial charge in [0.25, 0.3) is 0 Å². The molecular weight excluding hydrogens is 230 g/mol. The molecule has 0 radical (unpaired) electrons. The number of hydrogen-bond acceptors (Lipinski definition) is 3. The lowest BCUT2D eigenvalue weighted by molar-refractivity contribution is 0.268. The molecule has 2 nitrogen and oxygen atoms in total. The van der Waals surface area contributed by atoms with Gasteiger partial charge in [0, 0.05) is 12.6 Å². The van der Waals surface area contributed by atoms with E-state index in [-0.39, 0.29) is 0 Å². The maximum atomic E-state index is 5.88. The second-order valence-electron chi connectivity index (χ2n) is 4.85. The van der Waals surface area contributed by atoms with Gasteiger partial charge in [-0.2, -0.15) is 0 Å². The van der Waals surface area contributed by atoms with E-state index in [0.29, 0.717) is 5.92 Å². The minimum atomic E-state index is 0.703. The Labute approximate surface area is 106 Å². The monoisotopic (exact) mass is 247 g/mol. The van der Waals surface area contributed by atoms with Crippen molar-refractivity contribution in [3.63, 3.8) is 0 Å². The molecule has 0 amide bonds. The fourth-order valence-electron chi connectivity index (χ4n) is 2.44. The van der Waals surface area contributed by atoms with Gasteiger partial charge in [-0.15, -0.1) is 11.3 Å². The molecule has 3 heteroatoms. The minimum Gasteiger partial charge on any atom is -0.490 e. The smallest absolute Gasteiger partial charge is 0.158 e. The van der Waals surface area contributed by atoms with Crippen LogP contribution in [0.15, 0.2) is 22.1 Å². The third-order valence-electron chi connectivity index (χ3n) is 3.41. The number of nitrogens with zero attached hydrogens (tertiary/aromatic N) is 1. The van der Waals surface area contributed by atoms with Gasteiger partial charge in [-0.3, -0.25) is 4.99 Å². The summed E-state index contributed by atoms with van der Waals surface area (Å²) in [5.74, 6) is 1.75. The average Bonchev–Trinajstić information content (AvgIpc) is 2.71. The summed E-state index contributed by atoms with van der Waals surface area (Å²) in [5, 5.41) is 2.16. The quantitative estimate of drug-likeness (QED) is 0.681. The number of ether oxygens (including phenoxy) is 1. The summed E-state index contributed by atoms with van der Waals surface area (Å²) in [6.45, 7) is 3.10. The molecule has 0 bridgehead atoms. The third-order valence-corrected chi connectivity index (χ3v) is 4.37. The lowest BCUT2D eigenvalue weighted by atomic mass is 10.00. The molecule has 0 saturated carbocycles. The fraction of sp³-hybridized carbons (Fsp3) is 0.500. The van der Waals surface area contributed by atoms with Gasteiger partial charge in [0.15, 0.2) is 5.76 Å². The molecule has 17 heavy (non-hydrogen) atoms. The standard InChI is InChI=1S/C14H17NOS/c1-10-3-2-6-15-12(9-10)13-14-11(4-7-16-13)5-8-17-14/h5-6,8,10H,2-4,7,9H2,1H3/b13-12-. The predicted octanol–water partition coefficient (Wildman–Crippen LogP) is 3.88. The van der Waals surface area contributed by atoms with Crippen molar-refractivity contribution in [1.29, 1.82) is 0 Å². The van der Waals surface area contributed by atoms with E-state index in [9.17, 15) is 0 Å². The van der Waals surface area contributed by atoms with Crippen LogP contribution >= 0.6 is 11.3 Å². The molecule has 90 valence electrons. The third kappa shape index (κ3) is 2.16. The number of allylic oxidation sites excluding steroid dienone is 1. The van der Waals surface area contributed by atoms with Crippen LogP contribution in [0.25, 0.3) is 5.76 Å². The average molecular weight is 247 g/mol. The second-order valence-corrected chi connectivity index (χ2v) is 5.76. The Bertz CT molecular complexity index is 472. The van der Waals surface area contributed by atoms with Gasteiger partial charge in [-0.05, 0) is 42.2 Å². The molecule has 3 heterocycles. The molecule has 0 spiro atoms. The highest BCUT2D eigenvalue weighted by molar-refractivity contribution is 7.11. The molecule has 1 aromatic rings. The van der Waals surface area contributed by atoms with Crippen molar-refractivity contribution in [2.75, 3.05) is 6.61 Å². The summed E-state index contributed by atoms with van der Waals surface area (Å²) < 4.78 is 5.88. The SMILES string of the molecule is CC1CCC=N/C(=C2\OCCc3ccsc32)C1. The maximum absolute atomic E-state index is 5.88. The highest BCUT2D eigenvalue weighted by Crippen LogP contribution is 2.36. The molecule has 0 fully saturated rings. The second kappa shape index (κ2) is 4.65. The fourth-order valence-corrected chi connectivity index (χ4v) is 3.42. The maximum Gasteiger partial charge on any atom is 0.158 e. The zero-order valence-electron chi connectivity index (χ0n) is 10.1. The molecule has 2 aliphatic rings. The number of fused-ring (bicyclic) bond motifs is 1. The number of hydrogen-bond donors (Lipinski definition) is 0. The van der Waals surface area contributed by atoms with Crippen LogP contribution in [-0.2, 0) is 11.2 Å². The van der Waals surface area contributed by atoms with Gasteiger partial charge in [-0.1, -0.05) is 6.92 Å². The predicted molar refractivity (Wildman–Crippen MR) is 72.4 cm³/mol. The Morgan fingerprint density at radius 2 is 2.41 bits per heavy atom. The van der Waals surface area contributed by atoms with Crippen molar-refractivity contribution in [2.24, 2.45) is 10.9 Å². The van der Waals surface area contributed by atoms with Crippen LogP contribution < -0.4 is 0 Å². The van der Waals surface area contributed by atoms with E-state index in [4.69, 9.17) is 4.74 Å². The van der Waals surface area contributed by atoms with Gasteiger partial charge in [-0.25, -0.2) is 0 Å². The zero-order chi connectivity index (χ0) is 11.7. The Morgan fingerprint density at radius 1 is 1.47 bits per heavy atom. The van der Waals surface area contributed by atoms with Crippen LogP contribution in [0.2, 0.25) is 0 Å². The van der Waals surface area contributed by atoms with Crippen molar-refractivity contribution in [1.82, 2.24) is 0 Å². The zero-order valence-corrected chi connectivity index (χ0v) is 10.9. The van der Waals surface area contributed by atoms with Crippen molar-refractivity contribution in [3.8, 4) is 0 Å². The molecule has 3 rings (SSSR count). The van der Waals surface area contributed by atoms with Gasteiger partial charge < -0.3 is 4.74 Å². The lowest BCUT2D eigenvalue weighted by Gasteiger charge is -2.19. The normalized spacial score (nSPS) is 28.4. The van der Waals surface area contributed by atoms with Crippen LogP contribution in [0.4, 0.5) is 0 Å². The molecule has 0 N–H and O–H groups in total. The molecular formula is C14H17NOS. The van der Waals surface area contributed by atoms with Crippen LogP contribution in [0.5, 0.6) is 0 Å². The molecule has 1 unspecified atom stereocenters. The highest BCUT2D eigenvalue weighted by Gasteiger charge is 2.22. The van der Waals surface area contributed by atoms with E-state index >= 15 is 0 Å². The largest absolute Gasteiger partial charge is 0.490 e. The molecule has 0 saturated heterocycles. The Kier molecular flexibility index (Phi) is 3.02. The minimum absolute atomic E-state index is 0.703. The first kappa shape index (κ1) is 11.0. The van der Waals surface area contributed by atoms with Crippen molar-refractivity contribution < 1.29 is 4.74 Å². The first-order valence-electron chi connectivity index (χ1n) is 6.30. The van der Waals surface area contributed by atoms with Crippen molar-refractivity contribution in [2.45, 2.75) is 32.6 Å². The summed E-state index contributed by atoms with van der Waals surface area (Å²) in [4.78, 5) is 5.92. The molecule has 2 aliphatic heterocycles. The number of aliphatic imine (C=N–C) groups is 1. The van der Waals surface area contributed by atoms with Gasteiger partial charge in [0.1, 0.15) is 0 Å². The van der Waals surface area contributed by atoms with Gasteiger partial charge in [0.2, 0.25) is 0 Å². The van der Waals surface area contributed by atoms with E-state index in [1.807, 2.05) is 0 Å².